The van der Waals surface area contributed by atoms with E-state index in [2.05, 4.69) is 10.1 Å². The van der Waals surface area contributed by atoms with E-state index in [1.807, 2.05) is 0 Å². The van der Waals surface area contributed by atoms with Crippen LogP contribution in [0.15, 0.2) is 0 Å². The van der Waals surface area contributed by atoms with Crippen LogP contribution in [-0.4, -0.2) is 44.5 Å². The Kier molecular flexibility index (Phi) is 6.29. The highest BCUT2D eigenvalue weighted by atomic mass is 16.6. The van der Waals surface area contributed by atoms with Crippen LogP contribution in [0.25, 0.3) is 0 Å². The van der Waals surface area contributed by atoms with Gasteiger partial charge in [0.05, 0.1) is 19.8 Å². The van der Waals surface area contributed by atoms with Crippen molar-refractivity contribution in [3.8, 4) is 0 Å². The zero-order chi connectivity index (χ0) is 15.0. The Morgan fingerprint density at radius 1 is 1.24 bits per heavy atom. The molecule has 0 unspecified atom stereocenters. The molecule has 2 rings (SSSR count). The van der Waals surface area contributed by atoms with Crippen LogP contribution in [-0.2, 0) is 19.0 Å². The van der Waals surface area contributed by atoms with Crippen molar-refractivity contribution >= 4 is 12.6 Å². The fourth-order valence-electron chi connectivity index (χ4n) is 3.42. The van der Waals surface area contributed by atoms with Crippen molar-refractivity contribution in [2.24, 2.45) is 5.92 Å². The van der Waals surface area contributed by atoms with E-state index in [0.29, 0.717) is 25.6 Å². The molecule has 0 radical (unpaired) electrons. The van der Waals surface area contributed by atoms with Crippen LogP contribution in [0.3, 0.4) is 0 Å². The monoisotopic (exact) mass is 299 g/mol. The lowest BCUT2D eigenvalue weighted by molar-refractivity contribution is -0.128. The van der Waals surface area contributed by atoms with Gasteiger partial charge in [0.15, 0.2) is 0 Å². The summed E-state index contributed by atoms with van der Waals surface area (Å²) in [6.07, 6.45) is 7.08. The number of amides is 1. The van der Waals surface area contributed by atoms with E-state index in [-0.39, 0.29) is 18.8 Å². The number of alkyl carbamates (subject to hydrolysis) is 1. The molecular weight excluding hydrogens is 274 g/mol. The van der Waals surface area contributed by atoms with E-state index in [0.717, 1.165) is 25.7 Å². The molecular formula is C15H25NO5. The topological polar surface area (TPSA) is 73.9 Å². The lowest BCUT2D eigenvalue weighted by atomic mass is 9.73. The summed E-state index contributed by atoms with van der Waals surface area (Å²) in [6, 6.07) is 0. The van der Waals surface area contributed by atoms with Crippen LogP contribution < -0.4 is 5.32 Å². The lowest BCUT2D eigenvalue weighted by Gasteiger charge is -2.44. The molecule has 120 valence electrons. The van der Waals surface area contributed by atoms with Crippen molar-refractivity contribution in [1.82, 2.24) is 5.32 Å². The molecule has 6 heteroatoms. The third kappa shape index (κ3) is 4.59. The van der Waals surface area contributed by atoms with E-state index in [4.69, 9.17) is 9.47 Å². The number of hydrogen-bond donors (Lipinski definition) is 1. The Morgan fingerprint density at radius 2 is 1.95 bits per heavy atom. The van der Waals surface area contributed by atoms with E-state index in [1.54, 1.807) is 0 Å². The van der Waals surface area contributed by atoms with Crippen LogP contribution in [0.2, 0.25) is 0 Å². The number of carbonyl (C=O) groups excluding carboxylic acids is 2. The molecule has 0 spiro atoms. The van der Waals surface area contributed by atoms with Crippen LogP contribution >= 0.6 is 0 Å². The molecule has 6 nitrogen and oxygen atoms in total. The van der Waals surface area contributed by atoms with Gasteiger partial charge in [-0.25, -0.2) is 4.79 Å². The molecule has 0 bridgehead atoms. The summed E-state index contributed by atoms with van der Waals surface area (Å²) in [5.41, 5.74) is -0.381. The van der Waals surface area contributed by atoms with Crippen molar-refractivity contribution in [1.29, 1.82) is 0 Å². The molecule has 0 aromatic carbocycles. The molecule has 1 aliphatic carbocycles. The van der Waals surface area contributed by atoms with Crippen molar-refractivity contribution in [3.05, 3.63) is 0 Å². The SMILES string of the molecule is O=COCCNC(=O)OC1(C2CCCCC2)CCOCC1. The minimum absolute atomic E-state index is 0.165. The highest BCUT2D eigenvalue weighted by Gasteiger charge is 2.44. The van der Waals surface area contributed by atoms with Gasteiger partial charge in [-0.1, -0.05) is 19.3 Å². The first-order valence-electron chi connectivity index (χ1n) is 7.87. The summed E-state index contributed by atoms with van der Waals surface area (Å²) in [5, 5.41) is 2.64. The van der Waals surface area contributed by atoms with Crippen LogP contribution in [0.5, 0.6) is 0 Å². The maximum Gasteiger partial charge on any atom is 0.407 e. The van der Waals surface area contributed by atoms with Crippen molar-refractivity contribution < 1.29 is 23.8 Å². The van der Waals surface area contributed by atoms with Gasteiger partial charge in [0.2, 0.25) is 0 Å². The minimum Gasteiger partial charge on any atom is -0.466 e. The van der Waals surface area contributed by atoms with Gasteiger partial charge >= 0.3 is 6.09 Å². The van der Waals surface area contributed by atoms with Crippen LogP contribution in [0, 0.1) is 5.92 Å². The normalized spacial score (nSPS) is 22.3. The number of nitrogens with one attached hydrogen (secondary N) is 1. The van der Waals surface area contributed by atoms with E-state index in [1.165, 1.54) is 19.3 Å². The minimum atomic E-state index is -0.419. The quantitative estimate of drug-likeness (QED) is 0.600. The Hall–Kier alpha value is -1.30. The fourth-order valence-corrected chi connectivity index (χ4v) is 3.42. The second kappa shape index (κ2) is 8.22. The van der Waals surface area contributed by atoms with Gasteiger partial charge in [-0.3, -0.25) is 4.79 Å². The summed E-state index contributed by atoms with van der Waals surface area (Å²) >= 11 is 0. The smallest absolute Gasteiger partial charge is 0.407 e. The highest BCUT2D eigenvalue weighted by Crippen LogP contribution is 2.41. The molecule has 1 amide bonds. The van der Waals surface area contributed by atoms with E-state index >= 15 is 0 Å². The van der Waals surface area contributed by atoms with Crippen LogP contribution in [0.4, 0.5) is 4.79 Å². The number of hydrogen-bond acceptors (Lipinski definition) is 5. The second-order valence-corrected chi connectivity index (χ2v) is 5.80. The zero-order valence-electron chi connectivity index (χ0n) is 12.5. The van der Waals surface area contributed by atoms with E-state index in [9.17, 15) is 9.59 Å². The predicted molar refractivity (Wildman–Crippen MR) is 75.9 cm³/mol. The molecule has 1 saturated carbocycles. The summed E-state index contributed by atoms with van der Waals surface area (Å²) in [7, 11) is 0. The number of rotatable bonds is 6. The fraction of sp³-hybridized carbons (Fsp3) is 0.867. The molecule has 2 aliphatic rings. The molecule has 1 heterocycles. The maximum atomic E-state index is 12.0. The predicted octanol–water partition coefficient (Wildman–Crippen LogP) is 2.02. The van der Waals surface area contributed by atoms with Gasteiger partial charge in [-0.15, -0.1) is 0 Å². The first-order valence-corrected chi connectivity index (χ1v) is 7.87. The molecule has 0 aromatic heterocycles. The summed E-state index contributed by atoms with van der Waals surface area (Å²) < 4.78 is 15.8. The second-order valence-electron chi connectivity index (χ2n) is 5.80. The third-order valence-electron chi connectivity index (χ3n) is 4.54. The standard InChI is InChI=1S/C15H25NO5/c17-12-20-11-8-16-14(18)21-15(6-9-19-10-7-15)13-4-2-1-3-5-13/h12-13H,1-11H2,(H,16,18). The van der Waals surface area contributed by atoms with Crippen molar-refractivity contribution in [2.45, 2.75) is 50.5 Å². The number of carbonyl (C=O) groups is 2. The van der Waals surface area contributed by atoms with Crippen molar-refractivity contribution in [2.75, 3.05) is 26.4 Å². The van der Waals surface area contributed by atoms with Gasteiger partial charge in [-0.05, 0) is 18.8 Å². The Bertz CT molecular complexity index is 335. The van der Waals surface area contributed by atoms with Crippen molar-refractivity contribution in [3.63, 3.8) is 0 Å². The van der Waals surface area contributed by atoms with Gasteiger partial charge in [-0.2, -0.15) is 0 Å². The van der Waals surface area contributed by atoms with Gasteiger partial charge < -0.3 is 19.5 Å². The van der Waals surface area contributed by atoms with Crippen LogP contribution in [0.1, 0.15) is 44.9 Å². The molecule has 2 fully saturated rings. The summed E-state index contributed by atoms with van der Waals surface area (Å²) in [6.45, 7) is 2.11. The molecule has 0 aromatic rings. The van der Waals surface area contributed by atoms with E-state index < -0.39 is 6.09 Å². The third-order valence-corrected chi connectivity index (χ3v) is 4.54. The molecule has 0 atom stereocenters. The average Bonchev–Trinajstić information content (AvgIpc) is 2.53. The molecule has 1 N–H and O–H groups in total. The number of ether oxygens (including phenoxy) is 3. The largest absolute Gasteiger partial charge is 0.466 e. The Balaban J connectivity index is 1.89. The summed E-state index contributed by atoms with van der Waals surface area (Å²) in [4.78, 5) is 22.0. The first-order chi connectivity index (χ1) is 10.3. The molecule has 1 saturated heterocycles. The highest BCUT2D eigenvalue weighted by molar-refractivity contribution is 5.67. The molecule has 1 aliphatic heterocycles. The molecule has 21 heavy (non-hydrogen) atoms. The average molecular weight is 299 g/mol. The maximum absolute atomic E-state index is 12.0. The Morgan fingerprint density at radius 3 is 2.62 bits per heavy atom. The lowest BCUT2D eigenvalue weighted by Crippen LogP contribution is -2.49. The summed E-state index contributed by atoms with van der Waals surface area (Å²) in [5.74, 6) is 0.437. The zero-order valence-corrected chi connectivity index (χ0v) is 12.5. The Labute approximate surface area is 125 Å². The first kappa shape index (κ1) is 16.1. The van der Waals surface area contributed by atoms with Gasteiger partial charge in [0.25, 0.3) is 6.47 Å². The van der Waals surface area contributed by atoms with Gasteiger partial charge in [0.1, 0.15) is 12.2 Å². The van der Waals surface area contributed by atoms with Gasteiger partial charge in [0, 0.05) is 12.8 Å².